The monoisotopic (exact) mass is 526 g/mol. The van der Waals surface area contributed by atoms with Crippen LogP contribution in [0.4, 0.5) is 22.0 Å². The lowest BCUT2D eigenvalue weighted by Gasteiger charge is -2.18. The number of nitrogens with zero attached hydrogens (tertiary/aromatic N) is 5. The van der Waals surface area contributed by atoms with Gasteiger partial charge in [0.25, 0.3) is 0 Å². The fourth-order valence-corrected chi connectivity index (χ4v) is 3.66. The second-order valence-corrected chi connectivity index (χ2v) is 8.04. The van der Waals surface area contributed by atoms with E-state index in [2.05, 4.69) is 30.0 Å². The van der Waals surface area contributed by atoms with E-state index in [0.29, 0.717) is 16.5 Å². The number of nitrogens with one attached hydrogen (secondary N) is 1. The fraction of sp³-hybridized carbons (Fsp3) is 0.190. The Morgan fingerprint density at radius 3 is 2.72 bits per heavy atom. The molecule has 0 aliphatic carbocycles. The lowest BCUT2D eigenvalue weighted by molar-refractivity contribution is -0.290. The van der Waals surface area contributed by atoms with Crippen molar-refractivity contribution in [2.45, 2.75) is 19.0 Å². The van der Waals surface area contributed by atoms with Crippen LogP contribution in [0.3, 0.4) is 0 Å². The molecule has 0 radical (unpaired) electrons. The lowest BCUT2D eigenvalue weighted by atomic mass is 10.1. The Morgan fingerprint density at radius 2 is 2.00 bits per heavy atom. The molecule has 0 fully saturated rings. The van der Waals surface area contributed by atoms with E-state index in [1.807, 2.05) is 0 Å². The van der Waals surface area contributed by atoms with Crippen molar-refractivity contribution in [3.05, 3.63) is 57.7 Å². The molecule has 5 rings (SSSR count). The maximum absolute atomic E-state index is 13.4. The standard InChI is InChI=1S/C21H12ClF5N6O3/c1-9-5-10-7-29-31-16(10)14-15(9)30-18(36-19(14)34)12-6-13(35-8-20(23,24)21(25,26)27)32-33(12)17-11(22)3-2-4-28-17/h2-7H,8H2,1H3,(H,29,31). The third-order valence-corrected chi connectivity index (χ3v) is 5.46. The Bertz CT molecular complexity index is 1680. The first kappa shape index (κ1) is 23.7. The minimum atomic E-state index is -5.83. The maximum atomic E-state index is 13.4. The van der Waals surface area contributed by atoms with Gasteiger partial charge in [0.2, 0.25) is 11.8 Å². The molecule has 186 valence electrons. The molecule has 0 saturated carbocycles. The average molecular weight is 527 g/mol. The smallest absolute Gasteiger partial charge is 0.456 e. The number of alkyl halides is 5. The van der Waals surface area contributed by atoms with Crippen molar-refractivity contribution in [1.29, 1.82) is 0 Å². The summed E-state index contributed by atoms with van der Waals surface area (Å²) in [5.74, 6) is -6.15. The van der Waals surface area contributed by atoms with Crippen LogP contribution in [0, 0.1) is 6.92 Å². The number of aromatic nitrogens is 6. The largest absolute Gasteiger partial charge is 0.470 e. The van der Waals surface area contributed by atoms with Crippen LogP contribution in [0.15, 0.2) is 45.9 Å². The predicted octanol–water partition coefficient (Wildman–Crippen LogP) is 4.85. The van der Waals surface area contributed by atoms with Gasteiger partial charge >= 0.3 is 17.7 Å². The summed E-state index contributed by atoms with van der Waals surface area (Å²) in [6.45, 7) is -0.333. The highest BCUT2D eigenvalue weighted by atomic mass is 35.5. The number of aryl methyl sites for hydroxylation is 1. The summed E-state index contributed by atoms with van der Waals surface area (Å²) in [6, 6.07) is 5.66. The second kappa shape index (κ2) is 8.26. The zero-order chi connectivity index (χ0) is 25.8. The van der Waals surface area contributed by atoms with Crippen molar-refractivity contribution >= 4 is 33.4 Å². The van der Waals surface area contributed by atoms with Crippen LogP contribution in [-0.4, -0.2) is 48.7 Å². The van der Waals surface area contributed by atoms with Crippen LogP contribution >= 0.6 is 11.6 Å². The Balaban J connectivity index is 1.68. The highest BCUT2D eigenvalue weighted by Gasteiger charge is 2.58. The zero-order valence-electron chi connectivity index (χ0n) is 17.9. The lowest BCUT2D eigenvalue weighted by Crippen LogP contribution is -2.41. The van der Waals surface area contributed by atoms with Gasteiger partial charge in [0.15, 0.2) is 12.4 Å². The molecule has 0 atom stereocenters. The number of hydrogen-bond acceptors (Lipinski definition) is 7. The SMILES string of the molecule is Cc1cc2cn[nH]c2c2c(=O)oc(-c3cc(OCC(F)(F)C(F)(F)F)nn3-c3ncccc3Cl)nc12. The van der Waals surface area contributed by atoms with E-state index in [1.54, 1.807) is 13.0 Å². The van der Waals surface area contributed by atoms with Crippen molar-refractivity contribution in [1.82, 2.24) is 29.9 Å². The number of fused-ring (bicyclic) bond motifs is 3. The number of rotatable bonds is 5. The van der Waals surface area contributed by atoms with Gasteiger partial charge in [-0.15, -0.1) is 5.10 Å². The molecular weight excluding hydrogens is 515 g/mol. The summed E-state index contributed by atoms with van der Waals surface area (Å²) < 4.78 is 75.5. The first-order chi connectivity index (χ1) is 17.0. The topological polar surface area (TPSA) is 112 Å². The number of halogens is 6. The van der Waals surface area contributed by atoms with Gasteiger partial charge in [0.1, 0.15) is 11.1 Å². The van der Waals surface area contributed by atoms with Crippen molar-refractivity contribution in [3.63, 3.8) is 0 Å². The molecule has 36 heavy (non-hydrogen) atoms. The van der Waals surface area contributed by atoms with Gasteiger partial charge in [0.05, 0.1) is 22.3 Å². The number of H-pyrrole nitrogens is 1. The summed E-state index contributed by atoms with van der Waals surface area (Å²) >= 11 is 6.18. The van der Waals surface area contributed by atoms with E-state index in [4.69, 9.17) is 16.0 Å². The number of benzene rings is 1. The Labute approximate surface area is 201 Å². The molecule has 4 aromatic heterocycles. The van der Waals surface area contributed by atoms with Gasteiger partial charge in [-0.1, -0.05) is 11.6 Å². The van der Waals surface area contributed by atoms with Gasteiger partial charge < -0.3 is 9.15 Å². The summed E-state index contributed by atoms with van der Waals surface area (Å²) in [7, 11) is 0. The predicted molar refractivity (Wildman–Crippen MR) is 117 cm³/mol. The summed E-state index contributed by atoms with van der Waals surface area (Å²) in [4.78, 5) is 21.4. The van der Waals surface area contributed by atoms with E-state index in [9.17, 15) is 26.7 Å². The molecule has 1 aromatic carbocycles. The molecule has 0 bridgehead atoms. The van der Waals surface area contributed by atoms with Crippen LogP contribution in [-0.2, 0) is 0 Å². The van der Waals surface area contributed by atoms with Gasteiger partial charge in [-0.25, -0.2) is 19.4 Å². The molecule has 4 heterocycles. The molecule has 0 spiro atoms. The van der Waals surface area contributed by atoms with Crippen molar-refractivity contribution in [2.75, 3.05) is 6.61 Å². The number of pyridine rings is 1. The van der Waals surface area contributed by atoms with E-state index in [-0.39, 0.29) is 33.3 Å². The molecule has 0 saturated heterocycles. The molecule has 1 N–H and O–H groups in total. The Kier molecular flexibility index (Phi) is 5.43. The Hall–Kier alpha value is -4.07. The maximum Gasteiger partial charge on any atom is 0.456 e. The summed E-state index contributed by atoms with van der Waals surface area (Å²) in [6.07, 6.45) is -2.97. The normalized spacial score (nSPS) is 12.5. The number of aromatic amines is 1. The second-order valence-electron chi connectivity index (χ2n) is 7.64. The fourth-order valence-electron chi connectivity index (χ4n) is 3.46. The van der Waals surface area contributed by atoms with Crippen molar-refractivity contribution in [3.8, 4) is 23.3 Å². The van der Waals surface area contributed by atoms with Crippen LogP contribution in [0.2, 0.25) is 5.02 Å². The van der Waals surface area contributed by atoms with E-state index >= 15 is 0 Å². The molecule has 0 aliphatic heterocycles. The van der Waals surface area contributed by atoms with E-state index in [0.717, 1.165) is 10.7 Å². The highest BCUT2D eigenvalue weighted by Crippen LogP contribution is 2.36. The van der Waals surface area contributed by atoms with Crippen molar-refractivity contribution < 1.29 is 31.1 Å². The zero-order valence-corrected chi connectivity index (χ0v) is 18.7. The van der Waals surface area contributed by atoms with Crippen LogP contribution < -0.4 is 10.4 Å². The molecule has 9 nitrogen and oxygen atoms in total. The summed E-state index contributed by atoms with van der Waals surface area (Å²) in [5.41, 5.74) is 0.284. The quantitative estimate of drug-likeness (QED) is 0.326. The minimum Gasteiger partial charge on any atom is -0.470 e. The molecule has 0 unspecified atom stereocenters. The molecular formula is C21H12ClF5N6O3. The van der Waals surface area contributed by atoms with Crippen LogP contribution in [0.5, 0.6) is 5.88 Å². The van der Waals surface area contributed by atoms with Crippen LogP contribution in [0.1, 0.15) is 5.56 Å². The average Bonchev–Trinajstić information content (AvgIpc) is 3.44. The van der Waals surface area contributed by atoms with Gasteiger partial charge in [-0.05, 0) is 30.7 Å². The molecule has 5 aromatic rings. The molecule has 15 heteroatoms. The van der Waals surface area contributed by atoms with Crippen LogP contribution in [0.25, 0.3) is 39.2 Å². The first-order valence-corrected chi connectivity index (χ1v) is 10.4. The minimum absolute atomic E-state index is 0.0445. The highest BCUT2D eigenvalue weighted by molar-refractivity contribution is 6.32. The molecule has 0 aliphatic rings. The summed E-state index contributed by atoms with van der Waals surface area (Å²) in [5, 5.41) is 11.3. The number of ether oxygens (including phenoxy) is 1. The molecule has 0 amide bonds. The van der Waals surface area contributed by atoms with Gasteiger partial charge in [-0.3, -0.25) is 5.10 Å². The van der Waals surface area contributed by atoms with E-state index < -0.39 is 30.2 Å². The first-order valence-electron chi connectivity index (χ1n) is 10.0. The van der Waals surface area contributed by atoms with Gasteiger partial charge in [-0.2, -0.15) is 27.1 Å². The third kappa shape index (κ3) is 3.92. The third-order valence-electron chi connectivity index (χ3n) is 5.17. The Morgan fingerprint density at radius 1 is 1.22 bits per heavy atom. The van der Waals surface area contributed by atoms with E-state index in [1.165, 1.54) is 24.5 Å². The number of hydrogen-bond donors (Lipinski definition) is 1. The van der Waals surface area contributed by atoms with Gasteiger partial charge in [0, 0.05) is 17.6 Å². The van der Waals surface area contributed by atoms with Crippen molar-refractivity contribution in [2.24, 2.45) is 0 Å².